The van der Waals surface area contributed by atoms with E-state index in [1.807, 2.05) is 22.9 Å². The van der Waals surface area contributed by atoms with Gasteiger partial charge in [-0.15, -0.1) is 5.10 Å². The first-order valence-corrected chi connectivity index (χ1v) is 20.4. The summed E-state index contributed by atoms with van der Waals surface area (Å²) >= 11 is 0. The number of carbonyl (C=O) groups excluding carboxylic acids is 1. The minimum Gasteiger partial charge on any atom is -0.476 e. The first kappa shape index (κ1) is 49.4. The summed E-state index contributed by atoms with van der Waals surface area (Å²) in [5.41, 5.74) is 16.2. The lowest BCUT2D eigenvalue weighted by atomic mass is 9.81. The predicted molar refractivity (Wildman–Crippen MR) is 226 cm³/mol. The largest absolute Gasteiger partial charge is 0.476 e. The highest BCUT2D eigenvalue weighted by molar-refractivity contribution is 5.84. The number of nitrogens with zero attached hydrogens (tertiary/aromatic N) is 4. The Bertz CT molecular complexity index is 1960. The molecule has 15 atom stereocenters. The minimum absolute atomic E-state index is 0.138. The van der Waals surface area contributed by atoms with Gasteiger partial charge in [0.2, 0.25) is 5.88 Å². The number of ether oxygens (including phenoxy) is 5. The fourth-order valence-corrected chi connectivity index (χ4v) is 7.76. The van der Waals surface area contributed by atoms with Crippen LogP contribution < -0.4 is 32.6 Å². The number of aliphatic hydroxyl groups excluding tert-OH is 6. The molecule has 2 saturated heterocycles. The van der Waals surface area contributed by atoms with E-state index in [0.717, 1.165) is 36.3 Å². The van der Waals surface area contributed by atoms with Crippen molar-refractivity contribution < 1.29 is 64.2 Å². The average Bonchev–Trinajstić information content (AvgIpc) is 3.72. The number of hydrogen-bond acceptors (Lipinski definition) is 18. The Labute approximate surface area is 363 Å². The molecule has 2 aromatic carbocycles. The first-order valence-electron chi connectivity index (χ1n) is 20.4. The molecule has 1 saturated carbocycles. The number of para-hydroxylation sites is 1. The standard InChI is InChI=1S/C21H39N7O12.C19H23N3O/c1-5-21(36,4-30)16(40-17-9(26-2)13(34)10(31)6(3-29)38-17)18(37-5)39-15-8(28-20(24)25)11(32)7(27-19(22)23)12(33)14(15)35;1-21(2)13-8-14-23-19-17-11-6-7-12-18(17)22(20-19)15-16-9-4-3-5-10-16/h4-18,26,29,31-36H,3H2,1-2H3,(H4,22,23,27)(H4,24,25,28);3-7,9-12H,8,13-15H2,1-2H3/t5-,6-,7+,8-,9-,10-,11+,12-,13-,14+,15+,16-,17-,18-,21+;/m0./s1. The van der Waals surface area contributed by atoms with Gasteiger partial charge in [-0.25, -0.2) is 4.99 Å². The third kappa shape index (κ3) is 11.4. The summed E-state index contributed by atoms with van der Waals surface area (Å²) in [6.07, 6.45) is -16.3. The van der Waals surface area contributed by atoms with Crippen molar-refractivity contribution in [1.29, 1.82) is 5.41 Å². The molecule has 0 amide bonds. The number of nitrogens with one attached hydrogen (secondary N) is 3. The van der Waals surface area contributed by atoms with Crippen LogP contribution in [-0.4, -0.2) is 201 Å². The summed E-state index contributed by atoms with van der Waals surface area (Å²) in [6.45, 7) is 3.07. The number of fused-ring (bicyclic) bond motifs is 1. The second-order valence-electron chi connectivity index (χ2n) is 15.9. The molecule has 23 nitrogen and oxygen atoms in total. The number of benzene rings is 2. The van der Waals surface area contributed by atoms with Crippen LogP contribution in [-0.2, 0) is 30.3 Å². The molecule has 16 N–H and O–H groups in total. The van der Waals surface area contributed by atoms with E-state index >= 15 is 0 Å². The topological polar surface area (TPSA) is 364 Å². The Balaban J connectivity index is 0.000000274. The number of aliphatic imine (C=N–C) groups is 1. The zero-order valence-corrected chi connectivity index (χ0v) is 35.5. The highest BCUT2D eigenvalue weighted by Crippen LogP contribution is 2.38. The molecule has 23 heteroatoms. The van der Waals surface area contributed by atoms with Crippen LogP contribution in [0.15, 0.2) is 59.6 Å². The molecule has 0 unspecified atom stereocenters. The molecular weight excluding hydrogens is 828 g/mol. The Hall–Kier alpha value is -4.60. The summed E-state index contributed by atoms with van der Waals surface area (Å²) < 4.78 is 30.9. The van der Waals surface area contributed by atoms with Crippen molar-refractivity contribution in [2.24, 2.45) is 22.2 Å². The van der Waals surface area contributed by atoms with E-state index in [2.05, 4.69) is 76.1 Å². The highest BCUT2D eigenvalue weighted by Gasteiger charge is 2.61. The number of rotatable bonds is 16. The zero-order chi connectivity index (χ0) is 46.2. The van der Waals surface area contributed by atoms with Gasteiger partial charge in [0.15, 0.2) is 36.4 Å². The van der Waals surface area contributed by atoms with Gasteiger partial charge >= 0.3 is 0 Å². The van der Waals surface area contributed by atoms with E-state index in [1.54, 1.807) is 0 Å². The summed E-state index contributed by atoms with van der Waals surface area (Å²) in [5, 5.41) is 92.4. The average molecular weight is 891 g/mol. The smallest absolute Gasteiger partial charge is 0.240 e. The van der Waals surface area contributed by atoms with Gasteiger partial charge in [0.25, 0.3) is 0 Å². The van der Waals surface area contributed by atoms with E-state index in [1.165, 1.54) is 19.5 Å². The second kappa shape index (κ2) is 21.9. The Kier molecular flexibility index (Phi) is 17.1. The van der Waals surface area contributed by atoms with Gasteiger partial charge in [0.1, 0.15) is 54.9 Å². The Morgan fingerprint density at radius 3 is 2.25 bits per heavy atom. The summed E-state index contributed by atoms with van der Waals surface area (Å²) in [4.78, 5) is 18.0. The van der Waals surface area contributed by atoms with Crippen LogP contribution in [0.2, 0.25) is 0 Å². The molecular formula is C40H62N10O13. The van der Waals surface area contributed by atoms with Gasteiger partial charge in [-0.3, -0.25) is 14.9 Å². The van der Waals surface area contributed by atoms with Crippen molar-refractivity contribution in [2.45, 2.75) is 111 Å². The fraction of sp³-hybridized carbons (Fsp3) is 0.600. The SMILES string of the molecule is CN(C)CCCOc1nn(Cc2ccccc2)c2ccccc12.CN[C@@H]1[C@H](O[C@H]2[C@H](O[C@H]3[C@H](O)[C@@H](O)[C@H](N=C(N)N)[C@@H](O)[C@@H]3NC(=N)N)O[C@@H](C)[C@]2(O)C=O)O[C@@H](CO)[C@H](O)[C@H]1O. The molecule has 3 aromatic rings. The van der Waals surface area contributed by atoms with E-state index in [4.69, 9.17) is 46.3 Å². The van der Waals surface area contributed by atoms with Crippen LogP contribution in [0.4, 0.5) is 0 Å². The molecule has 3 fully saturated rings. The van der Waals surface area contributed by atoms with Crippen LogP contribution in [0.5, 0.6) is 5.88 Å². The van der Waals surface area contributed by atoms with E-state index in [0.29, 0.717) is 6.61 Å². The maximum Gasteiger partial charge on any atom is 0.240 e. The van der Waals surface area contributed by atoms with Crippen LogP contribution >= 0.6 is 0 Å². The normalized spacial score (nSPS) is 34.2. The van der Waals surface area contributed by atoms with E-state index < -0.39 is 110 Å². The minimum atomic E-state index is -2.39. The van der Waals surface area contributed by atoms with Gasteiger partial charge in [-0.2, -0.15) is 0 Å². The Morgan fingerprint density at radius 1 is 0.952 bits per heavy atom. The number of likely N-dealkylation sites (N-methyl/N-ethyl adjacent to an activating group) is 1. The molecule has 0 bridgehead atoms. The van der Waals surface area contributed by atoms with E-state index in [-0.39, 0.29) is 6.29 Å². The van der Waals surface area contributed by atoms with Crippen molar-refractivity contribution in [3.63, 3.8) is 0 Å². The van der Waals surface area contributed by atoms with Gasteiger partial charge in [0, 0.05) is 6.54 Å². The van der Waals surface area contributed by atoms with Crippen LogP contribution in [0.25, 0.3) is 10.9 Å². The van der Waals surface area contributed by atoms with E-state index in [9.17, 15) is 40.5 Å². The van der Waals surface area contributed by atoms with Gasteiger partial charge in [-0.05, 0) is 52.2 Å². The molecule has 0 radical (unpaired) electrons. The number of aldehydes is 1. The predicted octanol–water partition coefficient (Wildman–Crippen LogP) is -4.54. The van der Waals surface area contributed by atoms with Crippen LogP contribution in [0, 0.1) is 5.41 Å². The number of carbonyl (C=O) groups is 1. The second-order valence-corrected chi connectivity index (χ2v) is 15.9. The number of aliphatic hydroxyl groups is 7. The number of guanidine groups is 2. The number of hydrogen-bond donors (Lipinski definition) is 13. The molecule has 3 aliphatic rings. The van der Waals surface area contributed by atoms with Crippen molar-refractivity contribution in [3.05, 3.63) is 60.2 Å². The molecule has 1 aromatic heterocycles. The highest BCUT2D eigenvalue weighted by atomic mass is 16.8. The number of nitrogens with two attached hydrogens (primary N) is 3. The molecule has 63 heavy (non-hydrogen) atoms. The van der Waals surface area contributed by atoms with Crippen molar-refractivity contribution in [1.82, 2.24) is 25.3 Å². The molecule has 350 valence electrons. The molecule has 6 rings (SSSR count). The summed E-state index contributed by atoms with van der Waals surface area (Å²) in [7, 11) is 5.56. The van der Waals surface area contributed by atoms with Crippen LogP contribution in [0.1, 0.15) is 18.9 Å². The fourth-order valence-electron chi connectivity index (χ4n) is 7.76. The van der Waals surface area contributed by atoms with Crippen molar-refractivity contribution in [2.75, 3.05) is 40.9 Å². The van der Waals surface area contributed by atoms with Gasteiger partial charge in [-0.1, -0.05) is 42.5 Å². The molecule has 0 spiro atoms. The van der Waals surface area contributed by atoms with Crippen molar-refractivity contribution in [3.8, 4) is 5.88 Å². The lowest BCUT2D eigenvalue weighted by Gasteiger charge is -2.46. The quantitative estimate of drug-likeness (QED) is 0.0279. The maximum atomic E-state index is 12.1. The van der Waals surface area contributed by atoms with Gasteiger partial charge < -0.3 is 92.2 Å². The Morgan fingerprint density at radius 2 is 1.63 bits per heavy atom. The molecule has 2 aliphatic heterocycles. The summed E-state index contributed by atoms with van der Waals surface area (Å²) in [6, 6.07) is 14.6. The van der Waals surface area contributed by atoms with Gasteiger partial charge in [0.05, 0.1) is 48.8 Å². The lowest BCUT2D eigenvalue weighted by Crippen LogP contribution is -2.70. The monoisotopic (exact) mass is 890 g/mol. The number of aromatic nitrogens is 2. The molecule has 1 aliphatic carbocycles. The first-order chi connectivity index (χ1) is 29.9. The van der Waals surface area contributed by atoms with Crippen molar-refractivity contribution >= 4 is 29.1 Å². The zero-order valence-electron chi connectivity index (χ0n) is 35.5. The lowest BCUT2D eigenvalue weighted by molar-refractivity contribution is -0.314. The third-order valence-electron chi connectivity index (χ3n) is 11.2. The molecule has 3 heterocycles. The maximum absolute atomic E-state index is 12.1. The third-order valence-corrected chi connectivity index (χ3v) is 11.2. The van der Waals surface area contributed by atoms with Crippen LogP contribution in [0.3, 0.4) is 0 Å². The summed E-state index contributed by atoms with van der Waals surface area (Å²) in [5.74, 6) is -0.429.